The van der Waals surface area contributed by atoms with Gasteiger partial charge in [-0.1, -0.05) is 0 Å². The lowest BCUT2D eigenvalue weighted by Gasteiger charge is -2.40. The molecule has 0 aromatic carbocycles. The van der Waals surface area contributed by atoms with Crippen molar-refractivity contribution in [3.8, 4) is 0 Å². The number of H-pyrrole nitrogens is 1. The van der Waals surface area contributed by atoms with Gasteiger partial charge in [-0.3, -0.25) is 9.78 Å². The van der Waals surface area contributed by atoms with Gasteiger partial charge in [0.2, 0.25) is 5.91 Å². The first-order valence-corrected chi connectivity index (χ1v) is 9.73. The fraction of sp³-hybridized carbons (Fsp3) is 0.833. The van der Waals surface area contributed by atoms with Gasteiger partial charge in [-0.25, -0.2) is 9.48 Å². The number of fused-ring (bicyclic) bond motifs is 1. The monoisotopic (exact) mass is 346 g/mol. The first-order valence-electron chi connectivity index (χ1n) is 9.73. The van der Waals surface area contributed by atoms with Gasteiger partial charge in [0.25, 0.3) is 0 Å². The molecule has 5 rings (SSSR count). The van der Waals surface area contributed by atoms with Crippen molar-refractivity contribution in [2.45, 2.75) is 50.5 Å². The normalized spacial score (nSPS) is 32.5. The first kappa shape index (κ1) is 15.6. The molecule has 1 unspecified atom stereocenters. The SMILES string of the molecule is O=C(CC1C[C@@H]2COC[C@H]12)N1CCC(n2nc(C3CC3)[nH]c2=O)CC1. The molecular weight excluding hydrogens is 320 g/mol. The molecule has 7 nitrogen and oxygen atoms in total. The van der Waals surface area contributed by atoms with Gasteiger partial charge >= 0.3 is 5.69 Å². The van der Waals surface area contributed by atoms with Crippen LogP contribution >= 0.6 is 0 Å². The van der Waals surface area contributed by atoms with Gasteiger partial charge in [0, 0.05) is 32.0 Å². The van der Waals surface area contributed by atoms with Crippen LogP contribution in [0.4, 0.5) is 0 Å². The van der Waals surface area contributed by atoms with Gasteiger partial charge in [0.15, 0.2) is 0 Å². The third-order valence-corrected chi connectivity index (χ3v) is 6.68. The Morgan fingerprint density at radius 2 is 2.00 bits per heavy atom. The van der Waals surface area contributed by atoms with Crippen LogP contribution < -0.4 is 5.69 Å². The molecule has 0 bridgehead atoms. The zero-order valence-electron chi connectivity index (χ0n) is 14.5. The number of hydrogen-bond donors (Lipinski definition) is 1. The molecule has 3 heterocycles. The molecule has 1 amide bonds. The van der Waals surface area contributed by atoms with Gasteiger partial charge in [0.1, 0.15) is 5.82 Å². The van der Waals surface area contributed by atoms with Crippen molar-refractivity contribution in [3.05, 3.63) is 16.3 Å². The number of carbonyl (C=O) groups is 1. The third-order valence-electron chi connectivity index (χ3n) is 6.68. The Balaban J connectivity index is 1.16. The number of amides is 1. The van der Waals surface area contributed by atoms with Crippen LogP contribution in [0, 0.1) is 17.8 Å². The maximum Gasteiger partial charge on any atom is 0.343 e. The minimum atomic E-state index is -0.0894. The lowest BCUT2D eigenvalue weighted by molar-refractivity contribution is -0.135. The van der Waals surface area contributed by atoms with E-state index in [0.29, 0.717) is 30.1 Å². The maximum atomic E-state index is 12.6. The summed E-state index contributed by atoms with van der Waals surface area (Å²) in [6.07, 6.45) is 5.73. The Bertz CT molecular complexity index is 714. The number of rotatable bonds is 4. The zero-order valence-corrected chi connectivity index (χ0v) is 14.5. The molecule has 1 N–H and O–H groups in total. The second kappa shape index (κ2) is 5.97. The molecule has 1 aromatic rings. The van der Waals surface area contributed by atoms with Crippen LogP contribution in [0.15, 0.2) is 4.79 Å². The molecule has 7 heteroatoms. The molecule has 2 aliphatic carbocycles. The number of hydrogen-bond acceptors (Lipinski definition) is 4. The number of carbonyl (C=O) groups excluding carboxylic acids is 1. The summed E-state index contributed by atoms with van der Waals surface area (Å²) in [5.74, 6) is 3.43. The molecule has 2 saturated carbocycles. The number of aromatic amines is 1. The van der Waals surface area contributed by atoms with E-state index in [1.165, 1.54) is 0 Å². The van der Waals surface area contributed by atoms with Crippen molar-refractivity contribution in [2.24, 2.45) is 17.8 Å². The van der Waals surface area contributed by atoms with Gasteiger partial charge in [-0.2, -0.15) is 5.10 Å². The van der Waals surface area contributed by atoms with Crippen LogP contribution in [-0.4, -0.2) is 51.9 Å². The predicted octanol–water partition coefficient (Wildman–Crippen LogP) is 1.28. The number of ether oxygens (including phenoxy) is 1. The fourth-order valence-electron chi connectivity index (χ4n) is 4.84. The van der Waals surface area contributed by atoms with Gasteiger partial charge in [-0.05, 0) is 49.9 Å². The summed E-state index contributed by atoms with van der Waals surface area (Å²) in [5.41, 5.74) is -0.0894. The number of nitrogens with zero attached hydrogens (tertiary/aromatic N) is 3. The van der Waals surface area contributed by atoms with E-state index in [4.69, 9.17) is 4.74 Å². The Morgan fingerprint density at radius 3 is 2.72 bits per heavy atom. The molecule has 25 heavy (non-hydrogen) atoms. The van der Waals surface area contributed by atoms with E-state index in [1.54, 1.807) is 4.68 Å². The molecule has 0 spiro atoms. The van der Waals surface area contributed by atoms with E-state index in [2.05, 4.69) is 10.1 Å². The van der Waals surface area contributed by atoms with Crippen molar-refractivity contribution in [3.63, 3.8) is 0 Å². The topological polar surface area (TPSA) is 80.2 Å². The molecule has 0 radical (unpaired) electrons. The summed E-state index contributed by atoms with van der Waals surface area (Å²) < 4.78 is 7.15. The van der Waals surface area contributed by atoms with E-state index in [-0.39, 0.29) is 17.6 Å². The molecule has 136 valence electrons. The highest BCUT2D eigenvalue weighted by Gasteiger charge is 2.45. The van der Waals surface area contributed by atoms with Crippen LogP contribution in [0.1, 0.15) is 56.3 Å². The number of aromatic nitrogens is 3. The molecule has 2 saturated heterocycles. The van der Waals surface area contributed by atoms with Crippen molar-refractivity contribution in [1.82, 2.24) is 19.7 Å². The summed E-state index contributed by atoms with van der Waals surface area (Å²) in [5, 5.41) is 4.50. The second-order valence-electron chi connectivity index (χ2n) is 8.31. The molecule has 4 aliphatic rings. The molecular formula is C18H26N4O3. The zero-order chi connectivity index (χ0) is 17.0. The Hall–Kier alpha value is -1.63. The van der Waals surface area contributed by atoms with Crippen molar-refractivity contribution in [2.75, 3.05) is 26.3 Å². The van der Waals surface area contributed by atoms with E-state index < -0.39 is 0 Å². The van der Waals surface area contributed by atoms with Gasteiger partial charge in [0.05, 0.1) is 12.6 Å². The molecule has 3 atom stereocenters. The van der Waals surface area contributed by atoms with Crippen molar-refractivity contribution < 1.29 is 9.53 Å². The smallest absolute Gasteiger partial charge is 0.343 e. The minimum absolute atomic E-state index is 0.0894. The third kappa shape index (κ3) is 2.82. The van der Waals surface area contributed by atoms with Crippen LogP contribution in [0.2, 0.25) is 0 Å². The standard InChI is InChI=1S/C18H26N4O3/c23-16(8-12-7-13-9-25-10-15(12)13)21-5-3-14(4-6-21)22-18(24)19-17(20-22)11-1-2-11/h11-15H,1-10H2,(H,19,20,24)/t12?,13-,15-/m1/s1. The summed E-state index contributed by atoms with van der Waals surface area (Å²) in [4.78, 5) is 29.6. The summed E-state index contributed by atoms with van der Waals surface area (Å²) in [6.45, 7) is 3.20. The number of piperidine rings is 1. The molecule has 4 fully saturated rings. The highest BCUT2D eigenvalue weighted by Crippen LogP contribution is 2.46. The average Bonchev–Trinajstić information content (AvgIpc) is 3.29. The average molecular weight is 346 g/mol. The summed E-state index contributed by atoms with van der Waals surface area (Å²) in [7, 11) is 0. The maximum absolute atomic E-state index is 12.6. The fourth-order valence-corrected chi connectivity index (χ4v) is 4.84. The molecule has 1 aromatic heterocycles. The lowest BCUT2D eigenvalue weighted by Crippen LogP contribution is -2.44. The Morgan fingerprint density at radius 1 is 1.20 bits per heavy atom. The van der Waals surface area contributed by atoms with E-state index in [9.17, 15) is 9.59 Å². The quantitative estimate of drug-likeness (QED) is 0.891. The van der Waals surface area contributed by atoms with Crippen molar-refractivity contribution >= 4 is 5.91 Å². The van der Waals surface area contributed by atoms with Crippen molar-refractivity contribution in [1.29, 1.82) is 0 Å². The predicted molar refractivity (Wildman–Crippen MR) is 90.2 cm³/mol. The lowest BCUT2D eigenvalue weighted by atomic mass is 9.65. The van der Waals surface area contributed by atoms with Gasteiger partial charge in [-0.15, -0.1) is 0 Å². The summed E-state index contributed by atoms with van der Waals surface area (Å²) >= 11 is 0. The van der Waals surface area contributed by atoms with Crippen LogP contribution in [0.25, 0.3) is 0 Å². The first-order chi connectivity index (χ1) is 12.2. The van der Waals surface area contributed by atoms with Crippen LogP contribution in [-0.2, 0) is 9.53 Å². The van der Waals surface area contributed by atoms with Gasteiger partial charge < -0.3 is 9.64 Å². The summed E-state index contributed by atoms with van der Waals surface area (Å²) in [6, 6.07) is 0.122. The van der Waals surface area contributed by atoms with Crippen LogP contribution in [0.3, 0.4) is 0 Å². The van der Waals surface area contributed by atoms with Crippen LogP contribution in [0.5, 0.6) is 0 Å². The largest absolute Gasteiger partial charge is 0.381 e. The Kier molecular flexibility index (Phi) is 3.73. The minimum Gasteiger partial charge on any atom is -0.381 e. The highest BCUT2D eigenvalue weighted by atomic mass is 16.5. The second-order valence-corrected chi connectivity index (χ2v) is 8.31. The molecule has 2 aliphatic heterocycles. The Labute approximate surface area is 146 Å². The number of likely N-dealkylation sites (tertiary alicyclic amines) is 1. The number of nitrogens with one attached hydrogen (secondary N) is 1. The van der Waals surface area contributed by atoms with E-state index >= 15 is 0 Å². The van der Waals surface area contributed by atoms with E-state index in [1.807, 2.05) is 4.90 Å². The van der Waals surface area contributed by atoms with E-state index in [0.717, 1.165) is 64.2 Å². The highest BCUT2D eigenvalue weighted by molar-refractivity contribution is 5.76.